The second-order valence-corrected chi connectivity index (χ2v) is 8.71. The van der Waals surface area contributed by atoms with Crippen LogP contribution in [-0.4, -0.2) is 51.5 Å². The Morgan fingerprint density at radius 2 is 1.94 bits per heavy atom. The second kappa shape index (κ2) is 8.28. The maximum Gasteiger partial charge on any atom is 0.292 e. The molecule has 8 nitrogen and oxygen atoms in total. The van der Waals surface area contributed by atoms with Crippen LogP contribution in [0.1, 0.15) is 24.0 Å². The Labute approximate surface area is 199 Å². The van der Waals surface area contributed by atoms with Crippen molar-refractivity contribution < 1.29 is 9.53 Å². The molecule has 33 heavy (non-hydrogen) atoms. The van der Waals surface area contributed by atoms with Crippen molar-refractivity contribution in [1.29, 1.82) is 0 Å². The van der Waals surface area contributed by atoms with Gasteiger partial charge in [0.2, 0.25) is 5.82 Å². The summed E-state index contributed by atoms with van der Waals surface area (Å²) in [5.41, 5.74) is 8.50. The van der Waals surface area contributed by atoms with Gasteiger partial charge < -0.3 is 15.4 Å². The number of piperidine rings is 1. The molecule has 3 aromatic rings. The number of rotatable bonds is 3. The Balaban J connectivity index is 1.65. The number of likely N-dealkylation sites (tertiary alicyclic amines) is 1. The third-order valence-corrected chi connectivity index (χ3v) is 6.88. The molecule has 0 bridgehead atoms. The number of hydrogen-bond acceptors (Lipinski definition) is 7. The first-order valence-electron chi connectivity index (χ1n) is 10.4. The van der Waals surface area contributed by atoms with Gasteiger partial charge in [-0.05, 0) is 42.7 Å². The molecule has 2 aliphatic heterocycles. The molecule has 0 aliphatic carbocycles. The number of anilines is 1. The quantitative estimate of drug-likeness (QED) is 0.614. The van der Waals surface area contributed by atoms with Gasteiger partial charge in [0.05, 0.1) is 47.0 Å². The van der Waals surface area contributed by atoms with Gasteiger partial charge in [-0.15, -0.1) is 0 Å². The lowest BCUT2D eigenvalue weighted by Gasteiger charge is -2.37. The van der Waals surface area contributed by atoms with E-state index in [1.165, 1.54) is 19.5 Å². The molecule has 5 rings (SSSR count). The molecule has 4 heterocycles. The van der Waals surface area contributed by atoms with E-state index in [-0.39, 0.29) is 23.8 Å². The highest BCUT2D eigenvalue weighted by atomic mass is 35.5. The van der Waals surface area contributed by atoms with Gasteiger partial charge in [-0.2, -0.15) is 0 Å². The molecule has 1 unspecified atom stereocenters. The number of carbonyl (C=O) groups excluding carboxylic acids is 1. The van der Waals surface area contributed by atoms with Crippen molar-refractivity contribution in [3.63, 3.8) is 0 Å². The van der Waals surface area contributed by atoms with Gasteiger partial charge in [0.25, 0.3) is 5.91 Å². The molecular weight excluding hydrogens is 463 g/mol. The van der Waals surface area contributed by atoms with Gasteiger partial charge in [0, 0.05) is 23.5 Å². The van der Waals surface area contributed by atoms with Crippen LogP contribution in [0, 0.1) is 0 Å². The molecular formula is C23H20Cl2N6O2. The van der Waals surface area contributed by atoms with Gasteiger partial charge in [-0.1, -0.05) is 23.2 Å². The van der Waals surface area contributed by atoms with Crippen molar-refractivity contribution >= 4 is 40.5 Å². The van der Waals surface area contributed by atoms with Gasteiger partial charge in [0.1, 0.15) is 5.82 Å². The summed E-state index contributed by atoms with van der Waals surface area (Å²) in [6, 6.07) is 5.11. The Hall–Kier alpha value is -3.23. The summed E-state index contributed by atoms with van der Waals surface area (Å²) in [7, 11) is 1.52. The summed E-state index contributed by atoms with van der Waals surface area (Å²) >= 11 is 13.0. The number of methoxy groups -OCH3 is 1. The average molecular weight is 483 g/mol. The number of nitrogen functional groups attached to an aromatic ring is 1. The number of halogens is 2. The van der Waals surface area contributed by atoms with Crippen LogP contribution in [0.5, 0.6) is 5.75 Å². The molecule has 0 radical (unpaired) electrons. The molecule has 2 aliphatic rings. The van der Waals surface area contributed by atoms with Crippen molar-refractivity contribution in [1.82, 2.24) is 19.9 Å². The zero-order chi connectivity index (χ0) is 23.3. The number of nitrogens with zero attached hydrogens (tertiary/aromatic N) is 5. The van der Waals surface area contributed by atoms with Gasteiger partial charge in [-0.3, -0.25) is 9.79 Å². The third kappa shape index (κ3) is 3.59. The molecule has 2 N–H and O–H groups in total. The maximum absolute atomic E-state index is 13.3. The van der Waals surface area contributed by atoms with Crippen LogP contribution in [0.25, 0.3) is 16.7 Å². The van der Waals surface area contributed by atoms with E-state index in [0.29, 0.717) is 39.9 Å². The number of amides is 1. The van der Waals surface area contributed by atoms with Gasteiger partial charge in [-0.25, -0.2) is 15.0 Å². The average Bonchev–Trinajstić information content (AvgIpc) is 3.23. The Morgan fingerprint density at radius 1 is 1.18 bits per heavy atom. The smallest absolute Gasteiger partial charge is 0.292 e. The monoisotopic (exact) mass is 482 g/mol. The van der Waals surface area contributed by atoms with E-state index >= 15 is 0 Å². The number of aromatic nitrogens is 3. The van der Waals surface area contributed by atoms with Gasteiger partial charge in [0.15, 0.2) is 5.75 Å². The van der Waals surface area contributed by atoms with Crippen molar-refractivity contribution in [2.24, 2.45) is 4.99 Å². The van der Waals surface area contributed by atoms with Crippen LogP contribution in [0.2, 0.25) is 10.0 Å². The predicted molar refractivity (Wildman–Crippen MR) is 126 cm³/mol. The van der Waals surface area contributed by atoms with Crippen molar-refractivity contribution in [2.45, 2.75) is 25.4 Å². The Kier molecular flexibility index (Phi) is 5.42. The lowest BCUT2D eigenvalue weighted by atomic mass is 9.89. The van der Waals surface area contributed by atoms with E-state index in [4.69, 9.17) is 38.7 Å². The molecule has 1 saturated heterocycles. The van der Waals surface area contributed by atoms with E-state index < -0.39 is 0 Å². The molecule has 0 saturated carbocycles. The van der Waals surface area contributed by atoms with E-state index in [0.717, 1.165) is 21.9 Å². The minimum Gasteiger partial charge on any atom is -0.494 e. The van der Waals surface area contributed by atoms with Gasteiger partial charge >= 0.3 is 0 Å². The molecule has 0 spiro atoms. The zero-order valence-corrected chi connectivity index (χ0v) is 19.4. The molecule has 2 aromatic heterocycles. The predicted octanol–water partition coefficient (Wildman–Crippen LogP) is 2.52. The number of hydrogen-bond donors (Lipinski definition) is 1. The first kappa shape index (κ1) is 21.6. The fraction of sp³-hybridized carbons (Fsp3) is 0.261. The molecule has 2 atom stereocenters. The number of benzene rings is 1. The summed E-state index contributed by atoms with van der Waals surface area (Å²) in [5.74, 6) is 0.784. The number of nitrogens with two attached hydrogens (primary N) is 1. The maximum atomic E-state index is 13.3. The summed E-state index contributed by atoms with van der Waals surface area (Å²) in [6.07, 6.45) is 5.33. The molecule has 1 fully saturated rings. The van der Waals surface area contributed by atoms with Crippen LogP contribution in [-0.2, 0) is 0 Å². The topological polar surface area (TPSA) is 107 Å². The number of ether oxygens (including phenoxy) is 1. The Bertz CT molecular complexity index is 1380. The van der Waals surface area contributed by atoms with Crippen LogP contribution in [0.4, 0.5) is 5.82 Å². The van der Waals surface area contributed by atoms with E-state index in [1.807, 2.05) is 19.1 Å². The number of pyridine rings is 1. The Morgan fingerprint density at radius 3 is 2.61 bits per heavy atom. The van der Waals surface area contributed by atoms with Crippen LogP contribution >= 0.6 is 23.2 Å². The van der Waals surface area contributed by atoms with Crippen LogP contribution in [0.15, 0.2) is 41.8 Å². The van der Waals surface area contributed by atoms with Crippen LogP contribution in [0.3, 0.4) is 0 Å². The summed E-state index contributed by atoms with van der Waals surface area (Å²) < 4.78 is 5.09. The van der Waals surface area contributed by atoms with E-state index in [2.05, 4.69) is 15.0 Å². The summed E-state index contributed by atoms with van der Waals surface area (Å²) in [6.45, 7) is 2.51. The number of fused-ring (bicyclic) bond motifs is 2. The lowest BCUT2D eigenvalue weighted by Crippen LogP contribution is -2.48. The minimum absolute atomic E-state index is 0.0905. The highest BCUT2D eigenvalue weighted by Gasteiger charge is 2.38. The fourth-order valence-corrected chi connectivity index (χ4v) is 4.88. The first-order chi connectivity index (χ1) is 15.9. The summed E-state index contributed by atoms with van der Waals surface area (Å²) in [4.78, 5) is 32.5. The molecule has 168 valence electrons. The normalized spacial score (nSPS) is 19.0. The van der Waals surface area contributed by atoms with Crippen molar-refractivity contribution in [3.05, 3.63) is 63.2 Å². The minimum atomic E-state index is -0.250. The van der Waals surface area contributed by atoms with Crippen molar-refractivity contribution in [3.8, 4) is 16.9 Å². The fourth-order valence-electron chi connectivity index (χ4n) is 4.48. The third-order valence-electron chi connectivity index (χ3n) is 6.10. The lowest BCUT2D eigenvalue weighted by molar-refractivity contribution is 0.0692. The molecule has 1 aromatic carbocycles. The van der Waals surface area contributed by atoms with Crippen molar-refractivity contribution in [2.75, 3.05) is 19.4 Å². The van der Waals surface area contributed by atoms with Crippen LogP contribution < -0.4 is 21.0 Å². The molecule has 1 amide bonds. The molecule has 10 heteroatoms. The largest absolute Gasteiger partial charge is 0.494 e. The zero-order valence-electron chi connectivity index (χ0n) is 17.9. The van der Waals surface area contributed by atoms with E-state index in [9.17, 15) is 4.79 Å². The van der Waals surface area contributed by atoms with E-state index in [1.54, 1.807) is 17.2 Å². The SMILES string of the molecule is COc1cnc(C(=O)N2CCC3N=c4c(Cl)c(Cl)cc(-c5ccc(N)nc5)c4=C3[C@@H]2C)nc1. The highest BCUT2D eigenvalue weighted by Crippen LogP contribution is 2.32. The standard InChI is InChI=1S/C23H20Cl2N6O2/c1-11-18-16(5-6-31(11)23(32)22-28-9-13(33-2)10-29-22)30-21-19(18)14(7-15(24)20(21)25)12-3-4-17(26)27-8-12/h3-4,7-11,16H,5-6H2,1-2H3,(H2,26,27)/t11-,16?/m0/s1. The number of carbonyl (C=O) groups is 1. The first-order valence-corrected chi connectivity index (χ1v) is 11.1. The highest BCUT2D eigenvalue weighted by molar-refractivity contribution is 6.42. The summed E-state index contributed by atoms with van der Waals surface area (Å²) in [5, 5.41) is 2.36. The second-order valence-electron chi connectivity index (χ2n) is 7.93.